The third-order valence-electron chi connectivity index (χ3n) is 13.2. The summed E-state index contributed by atoms with van der Waals surface area (Å²) in [6.45, 7) is 3.74. The van der Waals surface area contributed by atoms with Crippen LogP contribution in [0.4, 0.5) is 17.6 Å². The molecule has 0 saturated carbocycles. The number of fused-ring (bicyclic) bond motifs is 4. The Balaban J connectivity index is 0.000000151. The predicted molar refractivity (Wildman–Crippen MR) is 259 cm³/mol. The maximum absolute atomic E-state index is 13.4. The Morgan fingerprint density at radius 3 is 1.25 bits per heavy atom. The maximum atomic E-state index is 13.4. The standard InChI is InChI=1S/C29H25F2NO.C16H12F2O2.C13H15N/c30-24-9-5-21(6-10-24)26(22-7-11-25(31)12-8-22)13-14-28(33)32-19-17-29(18-20-32)16-15-23-3-1-2-4-27(23)29;17-13-5-1-11(2-6-13)15(9-10-16(19)20)12-3-7-14(18)8-4-12;1-2-4-12-11(3-1)5-6-13(12)7-9-14-10-8-13/h1-13,15-16H,14,17-20H2;1-9H,10H2,(H,19,20);1-6,14H,7-10H2. The van der Waals surface area contributed by atoms with Crippen LogP contribution in [-0.2, 0) is 20.4 Å². The van der Waals surface area contributed by atoms with Crippen LogP contribution >= 0.6 is 0 Å². The molecule has 2 fully saturated rings. The lowest BCUT2D eigenvalue weighted by Crippen LogP contribution is -2.43. The summed E-state index contributed by atoms with van der Waals surface area (Å²) < 4.78 is 52.8. The van der Waals surface area contributed by atoms with Crippen LogP contribution in [0.1, 0.15) is 83.0 Å². The van der Waals surface area contributed by atoms with E-state index in [2.05, 4.69) is 78.2 Å². The van der Waals surface area contributed by atoms with E-state index >= 15 is 0 Å². The normalized spacial score (nSPS) is 15.6. The minimum absolute atomic E-state index is 0.0383. The highest BCUT2D eigenvalue weighted by Crippen LogP contribution is 2.44. The highest BCUT2D eigenvalue weighted by Gasteiger charge is 2.39. The molecule has 5 nitrogen and oxygen atoms in total. The number of benzene rings is 6. The van der Waals surface area contributed by atoms with Gasteiger partial charge in [0.1, 0.15) is 23.3 Å². The van der Waals surface area contributed by atoms with Gasteiger partial charge in [0, 0.05) is 30.3 Å². The molecule has 0 unspecified atom stereocenters. The number of carbonyl (C=O) groups excluding carboxylic acids is 1. The van der Waals surface area contributed by atoms with Gasteiger partial charge >= 0.3 is 5.97 Å². The van der Waals surface area contributed by atoms with E-state index in [4.69, 9.17) is 5.11 Å². The molecule has 4 aliphatic rings. The van der Waals surface area contributed by atoms with Crippen molar-refractivity contribution in [1.29, 1.82) is 0 Å². The van der Waals surface area contributed by atoms with E-state index in [0.717, 1.165) is 42.6 Å². The number of allylic oxidation sites excluding steroid dienone is 2. The minimum atomic E-state index is -0.966. The van der Waals surface area contributed by atoms with Crippen molar-refractivity contribution in [3.8, 4) is 0 Å². The maximum Gasteiger partial charge on any atom is 0.307 e. The Morgan fingerprint density at radius 1 is 0.507 bits per heavy atom. The molecule has 2 saturated heterocycles. The number of aliphatic carboxylic acids is 1. The second kappa shape index (κ2) is 21.0. The number of carbonyl (C=O) groups is 2. The summed E-state index contributed by atoms with van der Waals surface area (Å²) >= 11 is 0. The average Bonchev–Trinajstić information content (AvgIpc) is 3.89. The smallest absolute Gasteiger partial charge is 0.307 e. The molecule has 67 heavy (non-hydrogen) atoms. The molecule has 1 amide bonds. The molecule has 2 aliphatic heterocycles. The van der Waals surface area contributed by atoms with E-state index in [1.165, 1.54) is 84.1 Å². The van der Waals surface area contributed by atoms with E-state index < -0.39 is 5.97 Å². The van der Waals surface area contributed by atoms with Gasteiger partial charge in [-0.2, -0.15) is 0 Å². The zero-order chi connectivity index (χ0) is 46.8. The number of rotatable bonds is 8. The molecule has 2 N–H and O–H groups in total. The van der Waals surface area contributed by atoms with Gasteiger partial charge in [-0.15, -0.1) is 0 Å². The fourth-order valence-electron chi connectivity index (χ4n) is 9.60. The Labute approximate surface area is 389 Å². The van der Waals surface area contributed by atoms with Gasteiger partial charge < -0.3 is 15.3 Å². The summed E-state index contributed by atoms with van der Waals surface area (Å²) in [6, 6.07) is 41.1. The number of piperidine rings is 2. The summed E-state index contributed by atoms with van der Waals surface area (Å²) in [4.78, 5) is 25.7. The average molecular weight is 901 g/mol. The molecule has 10 rings (SSSR count). The lowest BCUT2D eigenvalue weighted by molar-refractivity contribution is -0.136. The van der Waals surface area contributed by atoms with Crippen molar-refractivity contribution in [2.75, 3.05) is 26.2 Å². The number of halogens is 4. The number of amides is 1. The molecule has 6 aromatic rings. The Morgan fingerprint density at radius 2 is 0.866 bits per heavy atom. The number of hydrogen-bond donors (Lipinski definition) is 2. The van der Waals surface area contributed by atoms with E-state index in [1.807, 2.05) is 11.0 Å². The van der Waals surface area contributed by atoms with Gasteiger partial charge in [0.15, 0.2) is 0 Å². The van der Waals surface area contributed by atoms with Crippen molar-refractivity contribution in [1.82, 2.24) is 10.2 Å². The third kappa shape index (κ3) is 11.1. The fourth-order valence-corrected chi connectivity index (χ4v) is 9.60. The van der Waals surface area contributed by atoms with Gasteiger partial charge in [-0.25, -0.2) is 17.6 Å². The van der Waals surface area contributed by atoms with Gasteiger partial charge in [0.25, 0.3) is 0 Å². The van der Waals surface area contributed by atoms with Crippen LogP contribution in [-0.4, -0.2) is 48.1 Å². The summed E-state index contributed by atoms with van der Waals surface area (Å²) in [5, 5.41) is 12.2. The zero-order valence-electron chi connectivity index (χ0n) is 37.1. The predicted octanol–water partition coefficient (Wildman–Crippen LogP) is 12.6. The Hall–Kier alpha value is -7.10. The highest BCUT2D eigenvalue weighted by molar-refractivity contribution is 5.85. The van der Waals surface area contributed by atoms with Gasteiger partial charge in [-0.1, -0.05) is 134 Å². The number of carboxylic acids is 1. The summed E-state index contributed by atoms with van der Waals surface area (Å²) in [5.74, 6) is -2.28. The zero-order valence-corrected chi connectivity index (χ0v) is 37.1. The van der Waals surface area contributed by atoms with Crippen LogP contribution in [0.25, 0.3) is 23.3 Å². The van der Waals surface area contributed by atoms with Crippen molar-refractivity contribution in [2.24, 2.45) is 0 Å². The number of nitrogens with one attached hydrogen (secondary N) is 1. The van der Waals surface area contributed by atoms with Gasteiger partial charge in [-0.05, 0) is 143 Å². The monoisotopic (exact) mass is 900 g/mol. The van der Waals surface area contributed by atoms with E-state index in [1.54, 1.807) is 54.1 Å². The molecular weight excluding hydrogens is 849 g/mol. The summed E-state index contributed by atoms with van der Waals surface area (Å²) in [6.07, 6.45) is 17.0. The molecule has 9 heteroatoms. The van der Waals surface area contributed by atoms with Crippen LogP contribution in [0.15, 0.2) is 170 Å². The molecule has 2 aliphatic carbocycles. The van der Waals surface area contributed by atoms with Crippen molar-refractivity contribution in [2.45, 2.75) is 49.4 Å². The molecule has 6 aromatic carbocycles. The van der Waals surface area contributed by atoms with E-state index in [-0.39, 0.29) is 47.4 Å². The van der Waals surface area contributed by atoms with Crippen molar-refractivity contribution >= 4 is 35.2 Å². The molecule has 0 aromatic heterocycles. The Kier molecular flexibility index (Phi) is 14.6. The van der Waals surface area contributed by atoms with E-state index in [0.29, 0.717) is 35.2 Å². The number of likely N-dealkylation sites (tertiary alicyclic amines) is 1. The summed E-state index contributed by atoms with van der Waals surface area (Å²) in [7, 11) is 0. The third-order valence-corrected chi connectivity index (χ3v) is 13.2. The number of hydrogen-bond acceptors (Lipinski definition) is 3. The first-order valence-corrected chi connectivity index (χ1v) is 22.7. The van der Waals surface area contributed by atoms with Crippen LogP contribution in [0.5, 0.6) is 0 Å². The first-order valence-electron chi connectivity index (χ1n) is 22.7. The molecule has 340 valence electrons. The lowest BCUT2D eigenvalue weighted by atomic mass is 9.74. The Bertz CT molecular complexity index is 2700. The quantitative estimate of drug-likeness (QED) is 0.149. The first-order chi connectivity index (χ1) is 32.5. The van der Waals surface area contributed by atoms with Crippen LogP contribution in [0, 0.1) is 23.3 Å². The topological polar surface area (TPSA) is 69.6 Å². The minimum Gasteiger partial charge on any atom is -0.481 e. The molecule has 2 heterocycles. The largest absolute Gasteiger partial charge is 0.481 e. The summed E-state index contributed by atoms with van der Waals surface area (Å²) in [5.41, 5.74) is 10.4. The SMILES string of the molecule is C1=CC2(CCNCC2)c2ccccc21.O=C(CC=C(c1ccc(F)cc1)c1ccc(F)cc1)N1CCC2(C=Cc3ccccc32)CC1.O=C(O)CC=C(c1ccc(F)cc1)c1ccc(F)cc1. The highest BCUT2D eigenvalue weighted by atomic mass is 19.1. The molecular formula is C58H52F4N2O3. The van der Waals surface area contributed by atoms with Gasteiger partial charge in [-0.3, -0.25) is 9.59 Å². The van der Waals surface area contributed by atoms with Crippen LogP contribution in [0.3, 0.4) is 0 Å². The van der Waals surface area contributed by atoms with Crippen molar-refractivity contribution in [3.63, 3.8) is 0 Å². The second-order valence-corrected chi connectivity index (χ2v) is 17.3. The molecule has 0 bridgehead atoms. The van der Waals surface area contributed by atoms with Gasteiger partial charge in [0.05, 0.1) is 6.42 Å². The van der Waals surface area contributed by atoms with Gasteiger partial charge in [0.2, 0.25) is 5.91 Å². The lowest BCUT2D eigenvalue weighted by Gasteiger charge is -2.39. The number of carboxylic acid groups (broad SMARTS) is 1. The van der Waals surface area contributed by atoms with Crippen molar-refractivity contribution < 1.29 is 32.3 Å². The molecule has 0 atom stereocenters. The van der Waals surface area contributed by atoms with Crippen molar-refractivity contribution in [3.05, 3.63) is 238 Å². The number of nitrogens with zero attached hydrogens (tertiary/aromatic N) is 1. The molecule has 2 spiro atoms. The second-order valence-electron chi connectivity index (χ2n) is 17.3. The van der Waals surface area contributed by atoms with E-state index in [9.17, 15) is 27.2 Å². The molecule has 0 radical (unpaired) electrons. The van der Waals surface area contributed by atoms with Crippen LogP contribution < -0.4 is 5.32 Å². The van der Waals surface area contributed by atoms with Crippen LogP contribution in [0.2, 0.25) is 0 Å². The first kappa shape index (κ1) is 46.4. The fraction of sp³-hybridized carbons (Fsp3) is 0.207.